The van der Waals surface area contributed by atoms with Gasteiger partial charge in [0.1, 0.15) is 0 Å². The first-order valence-electron chi connectivity index (χ1n) is 6.87. The van der Waals surface area contributed by atoms with Crippen LogP contribution in [0.3, 0.4) is 0 Å². The van der Waals surface area contributed by atoms with Crippen molar-refractivity contribution in [2.24, 2.45) is 4.99 Å². The Bertz CT molecular complexity index is 682. The third-order valence-electron chi connectivity index (χ3n) is 3.44. The molecule has 1 atom stereocenters. The third-order valence-corrected chi connectivity index (χ3v) is 4.60. The molecule has 2 aromatic carbocycles. The van der Waals surface area contributed by atoms with E-state index in [1.54, 1.807) is 11.8 Å². The number of hydrogen-bond donors (Lipinski definition) is 1. The van der Waals surface area contributed by atoms with Gasteiger partial charge in [-0.05, 0) is 24.1 Å². The van der Waals surface area contributed by atoms with E-state index in [1.165, 1.54) is 5.56 Å². The molecule has 1 aliphatic heterocycles. The summed E-state index contributed by atoms with van der Waals surface area (Å²) >= 11 is 1.61. The second-order valence-corrected chi connectivity index (χ2v) is 6.12. The smallest absolute Gasteiger partial charge is 0.257 e. The lowest BCUT2D eigenvalue weighted by molar-refractivity contribution is 0.0977. The first-order chi connectivity index (χ1) is 10.2. The fraction of sp³-hybridized carbons (Fsp3) is 0.176. The van der Waals surface area contributed by atoms with Crippen molar-refractivity contribution in [3.8, 4) is 0 Å². The molecule has 2 aromatic rings. The van der Waals surface area contributed by atoms with Gasteiger partial charge in [-0.1, -0.05) is 60.3 Å². The zero-order chi connectivity index (χ0) is 14.7. The van der Waals surface area contributed by atoms with Crippen LogP contribution in [-0.2, 0) is 0 Å². The van der Waals surface area contributed by atoms with Gasteiger partial charge >= 0.3 is 0 Å². The quantitative estimate of drug-likeness (QED) is 0.920. The zero-order valence-electron chi connectivity index (χ0n) is 11.7. The van der Waals surface area contributed by atoms with Gasteiger partial charge in [0.25, 0.3) is 5.91 Å². The Morgan fingerprint density at radius 3 is 2.62 bits per heavy atom. The van der Waals surface area contributed by atoms with E-state index in [2.05, 4.69) is 22.4 Å². The predicted molar refractivity (Wildman–Crippen MR) is 87.7 cm³/mol. The SMILES string of the molecule is Cc1ccccc1C(=O)NC1=NCC(c2ccccc2)S1. The third kappa shape index (κ3) is 3.16. The van der Waals surface area contributed by atoms with Gasteiger partial charge in [0.05, 0.1) is 11.8 Å². The molecule has 1 aliphatic rings. The fourth-order valence-corrected chi connectivity index (χ4v) is 3.29. The van der Waals surface area contributed by atoms with Crippen LogP contribution in [0.4, 0.5) is 0 Å². The molecular formula is C17H16N2OS. The molecule has 1 unspecified atom stereocenters. The highest BCUT2D eigenvalue weighted by Crippen LogP contribution is 2.34. The Morgan fingerprint density at radius 2 is 1.86 bits per heavy atom. The minimum absolute atomic E-state index is 0.0898. The maximum absolute atomic E-state index is 12.3. The van der Waals surface area contributed by atoms with Crippen LogP contribution in [0.1, 0.15) is 26.7 Å². The highest BCUT2D eigenvalue weighted by molar-refractivity contribution is 8.14. The van der Waals surface area contributed by atoms with Crippen LogP contribution in [0.5, 0.6) is 0 Å². The average Bonchev–Trinajstić information content (AvgIpc) is 2.97. The molecule has 0 fully saturated rings. The molecule has 0 saturated carbocycles. The van der Waals surface area contributed by atoms with Gasteiger partial charge in [-0.2, -0.15) is 0 Å². The largest absolute Gasteiger partial charge is 0.301 e. The Labute approximate surface area is 128 Å². The number of hydrogen-bond acceptors (Lipinski definition) is 3. The number of aliphatic imine (C=N–C) groups is 1. The Hall–Kier alpha value is -2.07. The van der Waals surface area contributed by atoms with Gasteiger partial charge in [0, 0.05) is 5.56 Å². The summed E-state index contributed by atoms with van der Waals surface area (Å²) < 4.78 is 0. The number of aryl methyl sites for hydroxylation is 1. The maximum atomic E-state index is 12.3. The van der Waals surface area contributed by atoms with Crippen molar-refractivity contribution in [2.45, 2.75) is 12.2 Å². The minimum atomic E-state index is -0.0898. The van der Waals surface area contributed by atoms with E-state index in [-0.39, 0.29) is 5.91 Å². The van der Waals surface area contributed by atoms with Crippen LogP contribution in [0.15, 0.2) is 59.6 Å². The van der Waals surface area contributed by atoms with Crippen LogP contribution in [-0.4, -0.2) is 17.6 Å². The van der Waals surface area contributed by atoms with E-state index >= 15 is 0 Å². The normalized spacial score (nSPS) is 17.4. The molecule has 1 heterocycles. The summed E-state index contributed by atoms with van der Waals surface area (Å²) in [5, 5.41) is 3.91. The summed E-state index contributed by atoms with van der Waals surface area (Å²) in [6.07, 6.45) is 0. The van der Waals surface area contributed by atoms with Crippen LogP contribution in [0, 0.1) is 6.92 Å². The van der Waals surface area contributed by atoms with Gasteiger partial charge in [0.2, 0.25) is 0 Å². The number of thioether (sulfide) groups is 1. The second-order valence-electron chi connectivity index (χ2n) is 4.93. The van der Waals surface area contributed by atoms with Gasteiger partial charge in [0.15, 0.2) is 5.17 Å². The van der Waals surface area contributed by atoms with Gasteiger partial charge in [-0.25, -0.2) is 0 Å². The van der Waals surface area contributed by atoms with Crippen molar-refractivity contribution in [1.29, 1.82) is 0 Å². The monoisotopic (exact) mass is 296 g/mol. The molecule has 21 heavy (non-hydrogen) atoms. The van der Waals surface area contributed by atoms with E-state index in [0.29, 0.717) is 22.5 Å². The molecule has 3 rings (SSSR count). The predicted octanol–water partition coefficient (Wildman–Crippen LogP) is 3.57. The highest BCUT2D eigenvalue weighted by atomic mass is 32.2. The van der Waals surface area contributed by atoms with E-state index < -0.39 is 0 Å². The van der Waals surface area contributed by atoms with Crippen molar-refractivity contribution < 1.29 is 4.79 Å². The molecule has 0 radical (unpaired) electrons. The van der Waals surface area contributed by atoms with Gasteiger partial charge < -0.3 is 5.32 Å². The molecule has 0 aliphatic carbocycles. The summed E-state index contributed by atoms with van der Waals surface area (Å²) in [7, 11) is 0. The number of rotatable bonds is 2. The van der Waals surface area contributed by atoms with Crippen molar-refractivity contribution in [3.63, 3.8) is 0 Å². The molecule has 1 N–H and O–H groups in total. The van der Waals surface area contributed by atoms with Crippen LogP contribution < -0.4 is 5.32 Å². The number of nitrogens with one attached hydrogen (secondary N) is 1. The van der Waals surface area contributed by atoms with E-state index in [4.69, 9.17) is 0 Å². The zero-order valence-corrected chi connectivity index (χ0v) is 12.6. The first-order valence-corrected chi connectivity index (χ1v) is 7.75. The summed E-state index contributed by atoms with van der Waals surface area (Å²) in [5.74, 6) is -0.0898. The average molecular weight is 296 g/mol. The molecule has 1 amide bonds. The van der Waals surface area contributed by atoms with Gasteiger partial charge in [-0.15, -0.1) is 0 Å². The molecule has 4 heteroatoms. The summed E-state index contributed by atoms with van der Waals surface area (Å²) in [5.41, 5.74) is 2.91. The molecule has 106 valence electrons. The molecule has 0 bridgehead atoms. The number of carbonyl (C=O) groups excluding carboxylic acids is 1. The van der Waals surface area contributed by atoms with Crippen LogP contribution in [0.2, 0.25) is 0 Å². The lowest BCUT2D eigenvalue weighted by Gasteiger charge is -2.09. The van der Waals surface area contributed by atoms with Crippen molar-refractivity contribution in [2.75, 3.05) is 6.54 Å². The fourth-order valence-electron chi connectivity index (χ4n) is 2.28. The number of nitrogens with zero attached hydrogens (tertiary/aromatic N) is 1. The summed E-state index contributed by atoms with van der Waals surface area (Å²) in [6, 6.07) is 17.8. The second kappa shape index (κ2) is 6.14. The lowest BCUT2D eigenvalue weighted by atomic mass is 10.1. The molecule has 3 nitrogen and oxygen atoms in total. The number of amidine groups is 1. The standard InChI is InChI=1S/C17H16N2OS/c1-12-7-5-6-10-14(12)16(20)19-17-18-11-15(21-17)13-8-3-2-4-9-13/h2-10,15H,11H2,1H3,(H,18,19,20). The van der Waals surface area contributed by atoms with Crippen LogP contribution in [0.25, 0.3) is 0 Å². The maximum Gasteiger partial charge on any atom is 0.257 e. The lowest BCUT2D eigenvalue weighted by Crippen LogP contribution is -2.27. The van der Waals surface area contributed by atoms with Crippen molar-refractivity contribution >= 4 is 22.8 Å². The summed E-state index contributed by atoms with van der Waals surface area (Å²) in [4.78, 5) is 16.7. The summed E-state index contributed by atoms with van der Waals surface area (Å²) in [6.45, 7) is 2.64. The molecule has 0 spiro atoms. The number of benzene rings is 2. The van der Waals surface area contributed by atoms with Crippen molar-refractivity contribution in [1.82, 2.24) is 5.32 Å². The Morgan fingerprint density at radius 1 is 1.14 bits per heavy atom. The highest BCUT2D eigenvalue weighted by Gasteiger charge is 2.23. The molecular weight excluding hydrogens is 280 g/mol. The van der Waals surface area contributed by atoms with Gasteiger partial charge in [-0.3, -0.25) is 9.79 Å². The number of carbonyl (C=O) groups is 1. The van der Waals surface area contributed by atoms with Crippen LogP contribution >= 0.6 is 11.8 Å². The molecule has 0 saturated heterocycles. The van der Waals surface area contributed by atoms with E-state index in [1.807, 2.05) is 49.4 Å². The topological polar surface area (TPSA) is 41.5 Å². The first kappa shape index (κ1) is 13.9. The number of amides is 1. The van der Waals surface area contributed by atoms with E-state index in [0.717, 1.165) is 5.56 Å². The van der Waals surface area contributed by atoms with Crippen molar-refractivity contribution in [3.05, 3.63) is 71.3 Å². The minimum Gasteiger partial charge on any atom is -0.301 e. The van der Waals surface area contributed by atoms with E-state index in [9.17, 15) is 4.79 Å². The molecule has 0 aromatic heterocycles. The Kier molecular flexibility index (Phi) is 4.06. The Balaban J connectivity index is 1.65.